The minimum Gasteiger partial charge on any atom is -0.486 e. The molecule has 0 aromatic heterocycles. The van der Waals surface area contributed by atoms with E-state index in [2.05, 4.69) is 0 Å². The number of benzene rings is 2. The molecule has 0 saturated heterocycles. The van der Waals surface area contributed by atoms with Crippen LogP contribution in [0.4, 0.5) is 18.9 Å². The molecule has 1 aliphatic rings. The lowest BCUT2D eigenvalue weighted by Gasteiger charge is -2.35. The minimum atomic E-state index is -4.70. The molecule has 3 rings (SSSR count). The van der Waals surface area contributed by atoms with Gasteiger partial charge in [0.25, 0.3) is 10.0 Å². The summed E-state index contributed by atoms with van der Waals surface area (Å²) in [7, 11) is -4.39. The minimum absolute atomic E-state index is 0.0408. The van der Waals surface area contributed by atoms with Crippen molar-refractivity contribution in [1.29, 1.82) is 0 Å². The van der Waals surface area contributed by atoms with Crippen LogP contribution in [0, 0.1) is 0 Å². The zero-order chi connectivity index (χ0) is 23.7. The molecule has 1 aliphatic heterocycles. The highest BCUT2D eigenvalue weighted by molar-refractivity contribution is 7.92. The molecule has 1 heterocycles. The number of carbonyl (C=O) groups is 1. The van der Waals surface area contributed by atoms with Crippen molar-refractivity contribution in [1.82, 2.24) is 0 Å². The van der Waals surface area contributed by atoms with Crippen LogP contribution in [-0.4, -0.2) is 32.1 Å². The summed E-state index contributed by atoms with van der Waals surface area (Å²) < 4.78 is 73.1. The van der Waals surface area contributed by atoms with Crippen LogP contribution < -0.4 is 9.04 Å². The highest BCUT2D eigenvalue weighted by Crippen LogP contribution is 2.39. The number of fused-ring (bicyclic) bond motifs is 1. The highest BCUT2D eigenvalue weighted by atomic mass is 32.2. The van der Waals surface area contributed by atoms with Gasteiger partial charge in [-0.05, 0) is 56.2 Å². The third-order valence-corrected chi connectivity index (χ3v) is 6.58. The highest BCUT2D eigenvalue weighted by Gasteiger charge is 2.37. The van der Waals surface area contributed by atoms with E-state index in [4.69, 9.17) is 9.84 Å². The molecule has 172 valence electrons. The lowest BCUT2D eigenvalue weighted by atomic mass is 10.1. The van der Waals surface area contributed by atoms with E-state index in [0.717, 1.165) is 28.1 Å². The fourth-order valence-corrected chi connectivity index (χ4v) is 4.92. The van der Waals surface area contributed by atoms with Crippen LogP contribution >= 0.6 is 0 Å². The molecular weight excluding hydrogens is 447 g/mol. The summed E-state index contributed by atoms with van der Waals surface area (Å²) in [4.78, 5) is 10.5. The van der Waals surface area contributed by atoms with E-state index in [1.54, 1.807) is 18.2 Å². The molecule has 6 nitrogen and oxygen atoms in total. The summed E-state index contributed by atoms with van der Waals surface area (Å²) in [6.45, 7) is 3.52. The summed E-state index contributed by atoms with van der Waals surface area (Å²) in [5.74, 6) is -0.848. The Balaban J connectivity index is 2.10. The predicted octanol–water partition coefficient (Wildman–Crippen LogP) is 4.95. The molecule has 32 heavy (non-hydrogen) atoms. The summed E-state index contributed by atoms with van der Waals surface area (Å²) in [6, 6.07) is 8.42. The number of allylic oxidation sites excluding steroid dienone is 1. The maximum absolute atomic E-state index is 13.4. The van der Waals surface area contributed by atoms with Crippen molar-refractivity contribution in [2.75, 3.05) is 10.8 Å². The van der Waals surface area contributed by atoms with E-state index in [1.165, 1.54) is 0 Å². The number of ether oxygens (including phenoxy) is 1. The quantitative estimate of drug-likeness (QED) is 0.647. The molecule has 1 atom stereocenters. The summed E-state index contributed by atoms with van der Waals surface area (Å²) in [5.41, 5.74) is 0.769. The number of carboxylic acids is 1. The van der Waals surface area contributed by atoms with Crippen molar-refractivity contribution in [3.8, 4) is 5.75 Å². The second-order valence-corrected chi connectivity index (χ2v) is 9.55. The van der Waals surface area contributed by atoms with Crippen LogP contribution in [0.25, 0.3) is 6.08 Å². The zero-order valence-corrected chi connectivity index (χ0v) is 18.2. The Morgan fingerprint density at radius 2 is 1.94 bits per heavy atom. The van der Waals surface area contributed by atoms with Crippen molar-refractivity contribution in [2.45, 2.75) is 43.9 Å². The van der Waals surface area contributed by atoms with Crippen LogP contribution in [0.5, 0.6) is 5.75 Å². The van der Waals surface area contributed by atoms with E-state index in [0.29, 0.717) is 11.6 Å². The second kappa shape index (κ2) is 8.85. The molecular formula is C22H22F3NO5S. The standard InChI is InChI=1S/C22H22F3NO5S/c1-14(2)10-15-6-8-20-19(11-15)26(13-17(31-20)7-9-21(27)28)32(29,30)18-5-3-4-16(12-18)22(23,24)25/h3-6,8,10-12,17H,7,9,13H2,1-2H3,(H,27,28). The Bertz CT molecular complexity index is 1150. The van der Waals surface area contributed by atoms with Gasteiger partial charge in [0.15, 0.2) is 0 Å². The molecule has 1 N–H and O–H groups in total. The smallest absolute Gasteiger partial charge is 0.416 e. The normalized spacial score (nSPS) is 16.2. The average Bonchev–Trinajstić information content (AvgIpc) is 2.70. The number of anilines is 1. The lowest BCUT2D eigenvalue weighted by Crippen LogP contribution is -2.43. The van der Waals surface area contributed by atoms with Crippen molar-refractivity contribution in [2.24, 2.45) is 0 Å². The first-order valence-electron chi connectivity index (χ1n) is 9.75. The van der Waals surface area contributed by atoms with E-state index in [9.17, 15) is 26.4 Å². The number of nitrogens with zero attached hydrogens (tertiary/aromatic N) is 1. The summed E-state index contributed by atoms with van der Waals surface area (Å²) in [6.07, 6.45) is -3.85. The number of aliphatic carboxylic acids is 1. The van der Waals surface area contributed by atoms with Gasteiger partial charge in [-0.15, -0.1) is 0 Å². The Morgan fingerprint density at radius 3 is 2.56 bits per heavy atom. The average molecular weight is 469 g/mol. The maximum atomic E-state index is 13.4. The largest absolute Gasteiger partial charge is 0.486 e. The van der Waals surface area contributed by atoms with Gasteiger partial charge >= 0.3 is 12.1 Å². The van der Waals surface area contributed by atoms with Gasteiger partial charge in [-0.25, -0.2) is 8.42 Å². The number of halogens is 3. The molecule has 0 amide bonds. The molecule has 0 spiro atoms. The fraction of sp³-hybridized carbons (Fsp3) is 0.318. The lowest BCUT2D eigenvalue weighted by molar-refractivity contribution is -0.138. The number of rotatable bonds is 6. The number of sulfonamides is 1. The fourth-order valence-electron chi connectivity index (χ4n) is 3.37. The maximum Gasteiger partial charge on any atom is 0.416 e. The molecule has 0 saturated carbocycles. The Kier molecular flexibility index (Phi) is 6.54. The Labute approximate surface area is 184 Å². The molecule has 0 radical (unpaired) electrons. The summed E-state index contributed by atoms with van der Waals surface area (Å²) in [5, 5.41) is 8.97. The number of hydrogen-bond acceptors (Lipinski definition) is 4. The number of alkyl halides is 3. The van der Waals surface area contributed by atoms with Gasteiger partial charge in [-0.1, -0.05) is 23.8 Å². The third kappa shape index (κ3) is 5.24. The van der Waals surface area contributed by atoms with Gasteiger partial charge in [0.05, 0.1) is 22.7 Å². The molecule has 0 bridgehead atoms. The monoisotopic (exact) mass is 469 g/mol. The van der Waals surface area contributed by atoms with Crippen molar-refractivity contribution < 1.29 is 36.2 Å². The Morgan fingerprint density at radius 1 is 1.22 bits per heavy atom. The topological polar surface area (TPSA) is 83.9 Å². The SMILES string of the molecule is CC(C)=Cc1ccc2c(c1)N(S(=O)(=O)c1cccc(C(F)(F)F)c1)CC(CCC(=O)O)O2. The van der Waals surface area contributed by atoms with Gasteiger partial charge in [0.1, 0.15) is 11.9 Å². The van der Waals surface area contributed by atoms with E-state index < -0.39 is 38.7 Å². The van der Waals surface area contributed by atoms with Crippen LogP contribution in [0.15, 0.2) is 52.9 Å². The van der Waals surface area contributed by atoms with Gasteiger partial charge in [-0.3, -0.25) is 9.10 Å². The first kappa shape index (κ1) is 23.6. The number of hydrogen-bond donors (Lipinski definition) is 1. The van der Waals surface area contributed by atoms with Crippen LogP contribution in [0.2, 0.25) is 0 Å². The van der Waals surface area contributed by atoms with E-state index in [1.807, 2.05) is 19.9 Å². The van der Waals surface area contributed by atoms with E-state index >= 15 is 0 Å². The Hall–Kier alpha value is -3.01. The molecule has 0 fully saturated rings. The second-order valence-electron chi connectivity index (χ2n) is 7.68. The van der Waals surface area contributed by atoms with Gasteiger partial charge < -0.3 is 9.84 Å². The molecule has 10 heteroatoms. The predicted molar refractivity (Wildman–Crippen MR) is 113 cm³/mol. The van der Waals surface area contributed by atoms with Gasteiger partial charge in [0.2, 0.25) is 0 Å². The van der Waals surface area contributed by atoms with Crippen LogP contribution in [0.3, 0.4) is 0 Å². The van der Waals surface area contributed by atoms with Crippen LogP contribution in [0.1, 0.15) is 37.8 Å². The molecule has 2 aromatic carbocycles. The molecule has 0 aliphatic carbocycles. The molecule has 2 aromatic rings. The number of carboxylic acid groups (broad SMARTS) is 1. The first-order chi connectivity index (χ1) is 14.9. The third-order valence-electron chi connectivity index (χ3n) is 4.80. The van der Waals surface area contributed by atoms with Crippen molar-refractivity contribution >= 4 is 27.8 Å². The van der Waals surface area contributed by atoms with Crippen molar-refractivity contribution in [3.63, 3.8) is 0 Å². The van der Waals surface area contributed by atoms with Gasteiger partial charge in [-0.2, -0.15) is 13.2 Å². The van der Waals surface area contributed by atoms with Gasteiger partial charge in [0, 0.05) is 6.42 Å². The van der Waals surface area contributed by atoms with E-state index in [-0.39, 0.29) is 30.8 Å². The zero-order valence-electron chi connectivity index (χ0n) is 17.4. The summed E-state index contributed by atoms with van der Waals surface area (Å²) >= 11 is 0. The molecule has 1 unspecified atom stereocenters. The first-order valence-corrected chi connectivity index (χ1v) is 11.2. The van der Waals surface area contributed by atoms with Crippen LogP contribution in [-0.2, 0) is 21.0 Å². The van der Waals surface area contributed by atoms with Crippen molar-refractivity contribution in [3.05, 3.63) is 59.2 Å².